The summed E-state index contributed by atoms with van der Waals surface area (Å²) in [7, 11) is -4.42. The molecule has 3 fully saturated rings. The molecule has 3 rings (SSSR count). The van der Waals surface area contributed by atoms with Crippen LogP contribution in [0.1, 0.15) is 98.3 Å². The van der Waals surface area contributed by atoms with Gasteiger partial charge in [-0.3, -0.25) is 4.55 Å². The fourth-order valence-electron chi connectivity index (χ4n) is 6.90. The molecule has 0 aliphatic heterocycles. The van der Waals surface area contributed by atoms with Crippen LogP contribution in [0.2, 0.25) is 0 Å². The zero-order chi connectivity index (χ0) is 23.5. The van der Waals surface area contributed by atoms with Gasteiger partial charge in [0.25, 0.3) is 0 Å². The molecule has 33 heavy (non-hydrogen) atoms. The summed E-state index contributed by atoms with van der Waals surface area (Å²) in [6.45, 7) is 13.9. The Balaban J connectivity index is 0.00000385. The molecule has 1 radical (unpaired) electrons. The Morgan fingerprint density at radius 2 is 1.88 bits per heavy atom. The number of hydrogen-bond acceptors (Lipinski definition) is 3. The maximum atomic E-state index is 11.1. The molecule has 0 amide bonds. The van der Waals surface area contributed by atoms with Gasteiger partial charge in [-0.25, -0.2) is 4.18 Å². The monoisotopic (exact) mass is 487 g/mol. The van der Waals surface area contributed by atoms with Crippen molar-refractivity contribution in [1.29, 1.82) is 0 Å². The molecule has 3 aliphatic rings. The molecule has 0 saturated heterocycles. The van der Waals surface area contributed by atoms with E-state index in [-0.39, 0.29) is 29.6 Å². The maximum Gasteiger partial charge on any atom is 0.397 e. The van der Waals surface area contributed by atoms with Gasteiger partial charge in [-0.05, 0) is 79.6 Å². The first-order valence-electron chi connectivity index (χ1n) is 12.7. The van der Waals surface area contributed by atoms with E-state index < -0.39 is 16.5 Å². The van der Waals surface area contributed by atoms with Gasteiger partial charge >= 0.3 is 10.4 Å². The van der Waals surface area contributed by atoms with Crippen LogP contribution in [-0.4, -0.2) is 48.6 Å². The predicted octanol–water partition coefficient (Wildman–Crippen LogP) is 7.07. The number of rotatable bonds is 8. The summed E-state index contributed by atoms with van der Waals surface area (Å²) in [4.78, 5) is 0. The van der Waals surface area contributed by atoms with Gasteiger partial charge in [-0.2, -0.15) is 8.42 Å². The van der Waals surface area contributed by atoms with Crippen LogP contribution in [-0.2, 0) is 14.6 Å². The molecule has 0 aromatic heterocycles. The second-order valence-electron chi connectivity index (χ2n) is 11.3. The van der Waals surface area contributed by atoms with Crippen molar-refractivity contribution < 1.29 is 17.2 Å². The van der Waals surface area contributed by atoms with Crippen LogP contribution in [0, 0.1) is 29.1 Å². The molecule has 0 aromatic carbocycles. The largest absolute Gasteiger partial charge is 0.397 e. The summed E-state index contributed by atoms with van der Waals surface area (Å²) >= 11 is 0. The number of hydrogen-bond donors (Lipinski definition) is 1. The van der Waals surface area contributed by atoms with Crippen molar-refractivity contribution in [2.75, 3.05) is 0 Å². The summed E-state index contributed by atoms with van der Waals surface area (Å²) in [6, 6.07) is 0. The van der Waals surface area contributed by atoms with Crippen molar-refractivity contribution in [2.45, 2.75) is 104 Å². The molecule has 4 nitrogen and oxygen atoms in total. The topological polar surface area (TPSA) is 63.6 Å². The van der Waals surface area contributed by atoms with Gasteiger partial charge in [0.15, 0.2) is 0 Å². The van der Waals surface area contributed by atoms with Gasteiger partial charge in [0.05, 0.1) is 6.10 Å². The quantitative estimate of drug-likeness (QED) is 0.294. The van der Waals surface area contributed by atoms with Gasteiger partial charge in [0, 0.05) is 36.0 Å². The van der Waals surface area contributed by atoms with Crippen molar-refractivity contribution in [3.63, 3.8) is 0 Å². The van der Waals surface area contributed by atoms with Crippen molar-refractivity contribution in [3.8, 4) is 0 Å². The predicted molar refractivity (Wildman–Crippen MR) is 137 cm³/mol. The zero-order valence-electron chi connectivity index (χ0n) is 21.6. The van der Waals surface area contributed by atoms with Crippen LogP contribution in [0.3, 0.4) is 0 Å². The Morgan fingerprint density at radius 1 is 1.15 bits per heavy atom. The summed E-state index contributed by atoms with van der Waals surface area (Å²) < 4.78 is 36.1. The van der Waals surface area contributed by atoms with Crippen molar-refractivity contribution in [3.05, 3.63) is 35.5 Å². The van der Waals surface area contributed by atoms with E-state index in [4.69, 9.17) is 8.74 Å². The van der Waals surface area contributed by atoms with Gasteiger partial charge < -0.3 is 0 Å². The molecule has 183 valence electrons. The van der Waals surface area contributed by atoms with E-state index in [1.54, 1.807) is 5.57 Å². The molecule has 0 heterocycles. The van der Waals surface area contributed by atoms with Gasteiger partial charge in [-0.15, -0.1) is 0 Å². The molecular formula is C27H44NaO4S. The normalized spacial score (nSPS) is 33.9. The van der Waals surface area contributed by atoms with Crippen LogP contribution in [0.5, 0.6) is 0 Å². The van der Waals surface area contributed by atoms with Crippen LogP contribution < -0.4 is 0 Å². The minimum Gasteiger partial charge on any atom is -0.264 e. The summed E-state index contributed by atoms with van der Waals surface area (Å²) in [5.74, 6) is 3.06. The van der Waals surface area contributed by atoms with Crippen LogP contribution in [0.4, 0.5) is 0 Å². The third-order valence-corrected chi connectivity index (χ3v) is 9.11. The summed E-state index contributed by atoms with van der Waals surface area (Å²) in [5.41, 5.74) is 4.08. The second-order valence-corrected chi connectivity index (χ2v) is 12.4. The van der Waals surface area contributed by atoms with Gasteiger partial charge in [0.1, 0.15) is 0 Å². The third-order valence-electron chi connectivity index (χ3n) is 8.59. The van der Waals surface area contributed by atoms with E-state index in [0.29, 0.717) is 30.6 Å². The first-order valence-corrected chi connectivity index (χ1v) is 14.1. The van der Waals surface area contributed by atoms with E-state index in [1.165, 1.54) is 44.9 Å². The van der Waals surface area contributed by atoms with Crippen molar-refractivity contribution in [2.24, 2.45) is 29.1 Å². The fraction of sp³-hybridized carbons (Fsp3) is 0.778. The maximum absolute atomic E-state index is 11.1. The molecule has 3 aliphatic carbocycles. The van der Waals surface area contributed by atoms with Crippen molar-refractivity contribution in [1.82, 2.24) is 0 Å². The second kappa shape index (κ2) is 12.4. The molecule has 1 N–H and O–H groups in total. The molecule has 0 unspecified atom stereocenters. The standard InChI is InChI=1S/C27H44O4S.Na/c1-19(2)8-6-9-21(4)25-15-16-26-22(10-7-17-27(25,26)5)12-13-23-18-24(14-11-20(23)3)31-32(28,29)30;/h12-13,19,21,24-26H,3,6-11,14-18H2,1-2,4-5H3,(H,28,29,30);/b22-12+,23-13-;/t21-,24+,25-,26+,27-;/m1./s1. The Bertz CT molecular complexity index is 844. The molecule has 0 spiro atoms. The fourth-order valence-corrected chi connectivity index (χ4v) is 7.41. The van der Waals surface area contributed by atoms with E-state index in [0.717, 1.165) is 35.3 Å². The van der Waals surface area contributed by atoms with Crippen LogP contribution >= 0.6 is 0 Å². The molecule has 0 bridgehead atoms. The average molecular weight is 488 g/mol. The molecule has 0 aromatic rings. The molecule has 5 atom stereocenters. The Hall–Kier alpha value is 0.0900. The SMILES string of the molecule is C=C1CC[C@H](OS(=O)(=O)O)C/C1=C/C=C1\CCC[C@]2(C)[C@@H]([C@H](C)CCCC(C)C)CC[C@@H]12.[Na]. The number of allylic oxidation sites excluding steroid dienone is 4. The first kappa shape index (κ1) is 29.3. The molecular weight excluding hydrogens is 443 g/mol. The minimum atomic E-state index is -4.42. The zero-order valence-corrected chi connectivity index (χ0v) is 24.4. The van der Waals surface area contributed by atoms with E-state index >= 15 is 0 Å². The Morgan fingerprint density at radius 3 is 2.55 bits per heavy atom. The van der Waals surface area contributed by atoms with Gasteiger partial charge in [0.2, 0.25) is 0 Å². The average Bonchev–Trinajstić information content (AvgIpc) is 3.04. The van der Waals surface area contributed by atoms with E-state index in [2.05, 4.69) is 46.4 Å². The van der Waals surface area contributed by atoms with Crippen molar-refractivity contribution >= 4 is 40.0 Å². The molecule has 3 saturated carbocycles. The van der Waals surface area contributed by atoms with Gasteiger partial charge in [-0.1, -0.05) is 76.8 Å². The molecule has 6 heteroatoms. The van der Waals surface area contributed by atoms with E-state index in [1.807, 2.05) is 0 Å². The smallest absolute Gasteiger partial charge is 0.264 e. The Kier molecular flexibility index (Phi) is 11.0. The summed E-state index contributed by atoms with van der Waals surface area (Å²) in [5, 5.41) is 0. The summed E-state index contributed by atoms with van der Waals surface area (Å²) in [6.07, 6.45) is 16.1. The van der Waals surface area contributed by atoms with Crippen LogP contribution in [0.25, 0.3) is 0 Å². The third kappa shape index (κ3) is 7.79. The van der Waals surface area contributed by atoms with E-state index in [9.17, 15) is 8.42 Å². The first-order chi connectivity index (χ1) is 15.0. The van der Waals surface area contributed by atoms with Crippen LogP contribution in [0.15, 0.2) is 35.5 Å². The minimum absolute atomic E-state index is 0. The number of fused-ring (bicyclic) bond motifs is 1. The Labute approximate surface area is 225 Å².